The maximum Gasteiger partial charge on any atom is 0.352 e. The summed E-state index contributed by atoms with van der Waals surface area (Å²) in [5.74, 6) is -0.767. The number of carbonyl (C=O) groups is 3. The van der Waals surface area contributed by atoms with Gasteiger partial charge in [0.1, 0.15) is 12.0 Å². The first-order valence-electron chi connectivity index (χ1n) is 8.57. The van der Waals surface area contributed by atoms with Crippen molar-refractivity contribution in [1.29, 1.82) is 0 Å². The molecule has 0 aromatic carbocycles. The monoisotopic (exact) mass is 351 g/mol. The van der Waals surface area contributed by atoms with E-state index in [-0.39, 0.29) is 33.7 Å². The summed E-state index contributed by atoms with van der Waals surface area (Å²) >= 11 is 1.58. The van der Waals surface area contributed by atoms with E-state index >= 15 is 0 Å². The first-order valence-corrected chi connectivity index (χ1v) is 9.51. The zero-order chi connectivity index (χ0) is 16.9. The van der Waals surface area contributed by atoms with Crippen LogP contribution < -0.4 is 0 Å². The first kappa shape index (κ1) is 16.1. The minimum Gasteiger partial charge on any atom is -0.477 e. The van der Waals surface area contributed by atoms with Gasteiger partial charge in [0.15, 0.2) is 0 Å². The molecule has 24 heavy (non-hydrogen) atoms. The van der Waals surface area contributed by atoms with Gasteiger partial charge in [-0.1, -0.05) is 12.8 Å². The third-order valence-electron chi connectivity index (χ3n) is 5.79. The van der Waals surface area contributed by atoms with E-state index in [0.29, 0.717) is 18.9 Å². The maximum absolute atomic E-state index is 11.6. The molecule has 3 fully saturated rings. The number of aliphatic carboxylic acids is 1. The van der Waals surface area contributed by atoms with Crippen molar-refractivity contribution in [2.45, 2.75) is 54.7 Å². The van der Waals surface area contributed by atoms with E-state index in [9.17, 15) is 19.5 Å². The second-order valence-electron chi connectivity index (χ2n) is 7.15. The topological polar surface area (TPSA) is 83.9 Å². The van der Waals surface area contributed by atoms with Gasteiger partial charge in [0.25, 0.3) is 0 Å². The number of carboxylic acid groups (broad SMARTS) is 1. The molecular formula is C17H21NO5S. The van der Waals surface area contributed by atoms with Crippen LogP contribution >= 0.6 is 11.8 Å². The van der Waals surface area contributed by atoms with Gasteiger partial charge < -0.3 is 14.6 Å². The third-order valence-corrected chi connectivity index (χ3v) is 7.11. The number of amides is 1. The zero-order valence-electron chi connectivity index (χ0n) is 13.3. The van der Waals surface area contributed by atoms with E-state index < -0.39 is 5.97 Å². The van der Waals surface area contributed by atoms with Crippen LogP contribution in [0.4, 0.5) is 0 Å². The molecule has 0 spiro atoms. The molecule has 1 saturated heterocycles. The van der Waals surface area contributed by atoms with E-state index in [1.54, 1.807) is 17.8 Å². The van der Waals surface area contributed by atoms with Crippen molar-refractivity contribution < 1.29 is 24.2 Å². The lowest BCUT2D eigenvalue weighted by molar-refractivity contribution is -0.146. The summed E-state index contributed by atoms with van der Waals surface area (Å²) in [6, 6.07) is 0. The number of thioether (sulfide) groups is 1. The van der Waals surface area contributed by atoms with Crippen molar-refractivity contribution in [2.75, 3.05) is 6.61 Å². The molecule has 130 valence electrons. The highest BCUT2D eigenvalue weighted by atomic mass is 32.2. The Morgan fingerprint density at radius 2 is 2.21 bits per heavy atom. The molecule has 0 aromatic rings. The van der Waals surface area contributed by atoms with Crippen LogP contribution in [0.1, 0.15) is 38.5 Å². The molecule has 2 saturated carbocycles. The second-order valence-corrected chi connectivity index (χ2v) is 8.57. The van der Waals surface area contributed by atoms with Crippen LogP contribution in [0.3, 0.4) is 0 Å². The Hall–Kier alpha value is -1.34. The van der Waals surface area contributed by atoms with Gasteiger partial charge in [-0.05, 0) is 31.3 Å². The fourth-order valence-corrected chi connectivity index (χ4v) is 5.75. The Morgan fingerprint density at radius 1 is 1.46 bits per heavy atom. The first-order chi connectivity index (χ1) is 11.5. The van der Waals surface area contributed by atoms with Gasteiger partial charge in [0.05, 0.1) is 29.3 Å². The number of carboxylic acids is 1. The molecule has 6 nitrogen and oxygen atoms in total. The summed E-state index contributed by atoms with van der Waals surface area (Å²) in [5, 5.41) is 9.15. The Labute approximate surface area is 144 Å². The molecule has 2 aliphatic heterocycles. The van der Waals surface area contributed by atoms with Crippen molar-refractivity contribution in [1.82, 2.24) is 4.90 Å². The lowest BCUT2D eigenvalue weighted by Crippen LogP contribution is -2.54. The van der Waals surface area contributed by atoms with Gasteiger partial charge in [0, 0.05) is 5.92 Å². The molecule has 4 aliphatic rings. The van der Waals surface area contributed by atoms with Crippen LogP contribution in [0, 0.1) is 11.8 Å². The quantitative estimate of drug-likeness (QED) is 0.580. The van der Waals surface area contributed by atoms with Crippen LogP contribution in [0.25, 0.3) is 0 Å². The van der Waals surface area contributed by atoms with Crippen molar-refractivity contribution >= 4 is 29.9 Å². The Morgan fingerprint density at radius 3 is 2.79 bits per heavy atom. The number of fused-ring (bicyclic) bond motifs is 1. The van der Waals surface area contributed by atoms with Crippen LogP contribution in [0.2, 0.25) is 0 Å². The molecule has 2 heterocycles. The number of ether oxygens (including phenoxy) is 1. The SMILES string of the molecule is O=CC1CC1(OCC1C=C(C(=O)O)N2C(=O)C[C@@H]2S1)C1CCCC1. The lowest BCUT2D eigenvalue weighted by atomic mass is 9.96. The minimum absolute atomic E-state index is 0.0149. The van der Waals surface area contributed by atoms with Crippen LogP contribution in [0.15, 0.2) is 11.8 Å². The lowest BCUT2D eigenvalue weighted by Gasteiger charge is -2.44. The number of rotatable bonds is 6. The average Bonchev–Trinajstić information content (AvgIpc) is 3.00. The van der Waals surface area contributed by atoms with Gasteiger partial charge in [-0.3, -0.25) is 9.69 Å². The summed E-state index contributed by atoms with van der Waals surface area (Å²) in [6.07, 6.45) is 8.44. The molecule has 3 unspecified atom stereocenters. The van der Waals surface area contributed by atoms with E-state index in [1.165, 1.54) is 17.7 Å². The van der Waals surface area contributed by atoms with Gasteiger partial charge in [-0.25, -0.2) is 4.79 Å². The molecule has 0 bridgehead atoms. The number of nitrogens with zero attached hydrogens (tertiary/aromatic N) is 1. The summed E-state index contributed by atoms with van der Waals surface area (Å²) in [6.45, 7) is 0.404. The summed E-state index contributed by atoms with van der Waals surface area (Å²) in [4.78, 5) is 35.6. The number of carbonyl (C=O) groups excluding carboxylic acids is 2. The average molecular weight is 351 g/mol. The predicted molar refractivity (Wildman–Crippen MR) is 87.2 cm³/mol. The number of aldehydes is 1. The summed E-state index contributed by atoms with van der Waals surface area (Å²) in [5.41, 5.74) is -0.246. The molecule has 4 atom stereocenters. The van der Waals surface area contributed by atoms with Crippen molar-refractivity contribution in [3.63, 3.8) is 0 Å². The highest BCUT2D eigenvalue weighted by Crippen LogP contribution is 2.56. The van der Waals surface area contributed by atoms with Crippen LogP contribution in [0.5, 0.6) is 0 Å². The number of hydrogen-bond acceptors (Lipinski definition) is 5. The normalized spacial score (nSPS) is 38.3. The Bertz CT molecular complexity index is 614. The van der Waals surface area contributed by atoms with E-state index in [2.05, 4.69) is 0 Å². The van der Waals surface area contributed by atoms with Crippen molar-refractivity contribution in [3.8, 4) is 0 Å². The number of hydrogen-bond donors (Lipinski definition) is 1. The third kappa shape index (κ3) is 2.49. The molecule has 0 radical (unpaired) electrons. The predicted octanol–water partition coefficient (Wildman–Crippen LogP) is 1.79. The van der Waals surface area contributed by atoms with Gasteiger partial charge in [0.2, 0.25) is 5.91 Å². The standard InChI is InChI=1S/C17H21NO5S/c19-8-11-7-17(11,10-3-1-2-4-10)23-9-12-5-13(16(21)22)18-14(20)6-15(18)24-12/h5,8,10-12,15H,1-4,6-7,9H2,(H,21,22)/t11?,12?,15-,17?/m0/s1. The molecule has 1 amide bonds. The summed E-state index contributed by atoms with van der Waals surface area (Å²) < 4.78 is 6.24. The van der Waals surface area contributed by atoms with Crippen LogP contribution in [-0.2, 0) is 19.1 Å². The zero-order valence-corrected chi connectivity index (χ0v) is 14.2. The fraction of sp³-hybridized carbons (Fsp3) is 0.706. The molecule has 4 rings (SSSR count). The fourth-order valence-electron chi connectivity index (χ4n) is 4.40. The van der Waals surface area contributed by atoms with Crippen molar-refractivity contribution in [2.24, 2.45) is 11.8 Å². The van der Waals surface area contributed by atoms with Gasteiger partial charge in [-0.2, -0.15) is 0 Å². The molecule has 1 N–H and O–H groups in total. The highest BCUT2D eigenvalue weighted by molar-refractivity contribution is 8.00. The molecule has 7 heteroatoms. The van der Waals surface area contributed by atoms with Crippen molar-refractivity contribution in [3.05, 3.63) is 11.8 Å². The van der Waals surface area contributed by atoms with Gasteiger partial charge >= 0.3 is 5.97 Å². The number of β-lactam (4-membered cyclic amide) rings is 1. The minimum atomic E-state index is -1.07. The Balaban J connectivity index is 1.45. The molecule has 2 aliphatic carbocycles. The second kappa shape index (κ2) is 5.88. The summed E-state index contributed by atoms with van der Waals surface area (Å²) in [7, 11) is 0. The van der Waals surface area contributed by atoms with Gasteiger partial charge in [-0.15, -0.1) is 11.8 Å². The van der Waals surface area contributed by atoms with E-state index in [1.807, 2.05) is 0 Å². The molecular weight excluding hydrogens is 330 g/mol. The van der Waals surface area contributed by atoms with E-state index in [4.69, 9.17) is 4.74 Å². The largest absolute Gasteiger partial charge is 0.477 e. The van der Waals surface area contributed by atoms with Crippen LogP contribution in [-0.4, -0.2) is 51.0 Å². The Kier molecular flexibility index (Phi) is 3.95. The smallest absolute Gasteiger partial charge is 0.352 e. The maximum atomic E-state index is 11.6. The van der Waals surface area contributed by atoms with E-state index in [0.717, 1.165) is 25.5 Å². The highest BCUT2D eigenvalue weighted by Gasteiger charge is 2.60. The molecule has 0 aromatic heterocycles.